The summed E-state index contributed by atoms with van der Waals surface area (Å²) in [4.78, 5) is 22.5. The summed E-state index contributed by atoms with van der Waals surface area (Å²) in [5.74, 6) is -1.11. The van der Waals surface area contributed by atoms with E-state index in [-0.39, 0.29) is 6.04 Å². The first-order valence-electron chi connectivity index (χ1n) is 6.71. The van der Waals surface area contributed by atoms with Gasteiger partial charge in [0.05, 0.1) is 25.9 Å². The number of epoxide rings is 1. The molecule has 0 aromatic carbocycles. The standard InChI is InChI=1S/C13H23NO6/c1-8(2)6-9(7-19-5-4-18-3)14-12(15)10-11(20-10)13(16)17/h8-11H,4-7H2,1-3H3,(H,14,15)(H,16,17)/t9-,10-,11-/m0/s1. The van der Waals surface area contributed by atoms with Gasteiger partial charge in [0.1, 0.15) is 0 Å². The second-order valence-corrected chi connectivity index (χ2v) is 5.22. The molecule has 0 spiro atoms. The number of hydrogen-bond donors (Lipinski definition) is 2. The molecule has 1 aliphatic heterocycles. The molecule has 0 aliphatic carbocycles. The van der Waals surface area contributed by atoms with Gasteiger partial charge in [0.15, 0.2) is 12.2 Å². The van der Waals surface area contributed by atoms with Crippen LogP contribution in [0.4, 0.5) is 0 Å². The van der Waals surface area contributed by atoms with E-state index in [9.17, 15) is 9.59 Å². The molecule has 0 bridgehead atoms. The summed E-state index contributed by atoms with van der Waals surface area (Å²) in [6.45, 7) is 5.41. The lowest BCUT2D eigenvalue weighted by Gasteiger charge is -2.20. The van der Waals surface area contributed by atoms with Crippen molar-refractivity contribution in [2.24, 2.45) is 5.92 Å². The molecule has 0 unspecified atom stereocenters. The number of rotatable bonds is 10. The number of nitrogens with one attached hydrogen (secondary N) is 1. The lowest BCUT2D eigenvalue weighted by Crippen LogP contribution is -2.42. The first kappa shape index (κ1) is 16.9. The Bertz CT molecular complexity index is 333. The third kappa shape index (κ3) is 5.85. The SMILES string of the molecule is COCCOC[C@H](CC(C)C)NC(=O)[C@H]1O[C@@H]1C(=O)O. The van der Waals surface area contributed by atoms with Gasteiger partial charge in [0.25, 0.3) is 5.91 Å². The number of carbonyl (C=O) groups excluding carboxylic acids is 1. The molecular formula is C13H23NO6. The highest BCUT2D eigenvalue weighted by Crippen LogP contribution is 2.22. The van der Waals surface area contributed by atoms with Crippen molar-refractivity contribution in [3.05, 3.63) is 0 Å². The molecule has 1 heterocycles. The predicted molar refractivity (Wildman–Crippen MR) is 70.4 cm³/mol. The van der Waals surface area contributed by atoms with Gasteiger partial charge >= 0.3 is 5.97 Å². The van der Waals surface area contributed by atoms with E-state index in [0.717, 1.165) is 6.42 Å². The number of amides is 1. The molecule has 1 rings (SSSR count). The molecule has 7 nitrogen and oxygen atoms in total. The van der Waals surface area contributed by atoms with E-state index in [1.165, 1.54) is 0 Å². The first-order chi connectivity index (χ1) is 9.45. The minimum atomic E-state index is -1.11. The van der Waals surface area contributed by atoms with E-state index < -0.39 is 24.1 Å². The molecule has 1 fully saturated rings. The summed E-state index contributed by atoms with van der Waals surface area (Å²) < 4.78 is 15.1. The average Bonchev–Trinajstić information content (AvgIpc) is 3.13. The van der Waals surface area contributed by atoms with Crippen LogP contribution < -0.4 is 5.32 Å². The van der Waals surface area contributed by atoms with Crippen LogP contribution in [0.5, 0.6) is 0 Å². The minimum absolute atomic E-state index is 0.155. The minimum Gasteiger partial charge on any atom is -0.479 e. The lowest BCUT2D eigenvalue weighted by molar-refractivity contribution is -0.138. The molecule has 116 valence electrons. The summed E-state index contributed by atoms with van der Waals surface area (Å²) >= 11 is 0. The van der Waals surface area contributed by atoms with Crippen molar-refractivity contribution in [3.63, 3.8) is 0 Å². The maximum absolute atomic E-state index is 11.8. The van der Waals surface area contributed by atoms with Crippen molar-refractivity contribution in [2.45, 2.75) is 38.5 Å². The zero-order valence-electron chi connectivity index (χ0n) is 12.1. The van der Waals surface area contributed by atoms with Gasteiger partial charge in [-0.15, -0.1) is 0 Å². The summed E-state index contributed by atoms with van der Waals surface area (Å²) in [6.07, 6.45) is -1.13. The Balaban J connectivity index is 2.35. The van der Waals surface area contributed by atoms with E-state index in [4.69, 9.17) is 19.3 Å². The highest BCUT2D eigenvalue weighted by atomic mass is 16.6. The largest absolute Gasteiger partial charge is 0.479 e. The molecule has 3 atom stereocenters. The van der Waals surface area contributed by atoms with Crippen LogP contribution in [0.1, 0.15) is 20.3 Å². The normalized spacial score (nSPS) is 22.6. The zero-order chi connectivity index (χ0) is 15.1. The lowest BCUT2D eigenvalue weighted by atomic mass is 10.0. The summed E-state index contributed by atoms with van der Waals surface area (Å²) in [5.41, 5.74) is 0. The topological polar surface area (TPSA) is 97.4 Å². The van der Waals surface area contributed by atoms with Crippen molar-refractivity contribution < 1.29 is 28.9 Å². The van der Waals surface area contributed by atoms with Crippen LogP contribution in [0.2, 0.25) is 0 Å². The molecule has 7 heteroatoms. The molecule has 1 amide bonds. The van der Waals surface area contributed by atoms with Crippen LogP contribution in [0.15, 0.2) is 0 Å². The van der Waals surface area contributed by atoms with Gasteiger partial charge in [-0.05, 0) is 12.3 Å². The Labute approximate surface area is 118 Å². The van der Waals surface area contributed by atoms with Crippen molar-refractivity contribution >= 4 is 11.9 Å². The van der Waals surface area contributed by atoms with E-state index in [1.807, 2.05) is 13.8 Å². The van der Waals surface area contributed by atoms with Gasteiger partial charge < -0.3 is 24.6 Å². The van der Waals surface area contributed by atoms with Gasteiger partial charge in [0, 0.05) is 7.11 Å². The summed E-state index contributed by atoms with van der Waals surface area (Å²) in [6, 6.07) is -0.155. The number of ether oxygens (including phenoxy) is 3. The fourth-order valence-electron chi connectivity index (χ4n) is 1.89. The number of carboxylic acid groups (broad SMARTS) is 1. The Morgan fingerprint density at radius 1 is 1.30 bits per heavy atom. The molecule has 0 radical (unpaired) electrons. The van der Waals surface area contributed by atoms with E-state index in [2.05, 4.69) is 5.32 Å². The highest BCUT2D eigenvalue weighted by Gasteiger charge is 2.51. The number of carbonyl (C=O) groups is 2. The predicted octanol–water partition coefficient (Wildman–Crippen LogP) is 0.0323. The van der Waals surface area contributed by atoms with Crippen molar-refractivity contribution in [1.82, 2.24) is 5.32 Å². The number of hydrogen-bond acceptors (Lipinski definition) is 5. The van der Waals surface area contributed by atoms with Crippen molar-refractivity contribution in [2.75, 3.05) is 26.9 Å². The van der Waals surface area contributed by atoms with Crippen LogP contribution in [0.3, 0.4) is 0 Å². The number of methoxy groups -OCH3 is 1. The Morgan fingerprint density at radius 3 is 2.50 bits per heavy atom. The second-order valence-electron chi connectivity index (χ2n) is 5.22. The van der Waals surface area contributed by atoms with Gasteiger partial charge in [-0.25, -0.2) is 4.79 Å². The monoisotopic (exact) mass is 289 g/mol. The van der Waals surface area contributed by atoms with Crippen LogP contribution in [0.25, 0.3) is 0 Å². The molecule has 1 saturated heterocycles. The van der Waals surface area contributed by atoms with Crippen molar-refractivity contribution in [3.8, 4) is 0 Å². The Morgan fingerprint density at radius 2 is 2.00 bits per heavy atom. The van der Waals surface area contributed by atoms with Crippen LogP contribution in [0, 0.1) is 5.92 Å². The fraction of sp³-hybridized carbons (Fsp3) is 0.846. The van der Waals surface area contributed by atoms with Crippen LogP contribution in [-0.4, -0.2) is 62.2 Å². The number of aliphatic carboxylic acids is 1. The Hall–Kier alpha value is -1.18. The van der Waals surface area contributed by atoms with Gasteiger partial charge in [-0.3, -0.25) is 4.79 Å². The van der Waals surface area contributed by atoms with E-state index >= 15 is 0 Å². The van der Waals surface area contributed by atoms with Gasteiger partial charge in [-0.2, -0.15) is 0 Å². The van der Waals surface area contributed by atoms with Gasteiger partial charge in [0.2, 0.25) is 0 Å². The smallest absolute Gasteiger partial charge is 0.336 e. The highest BCUT2D eigenvalue weighted by molar-refractivity contribution is 5.92. The molecule has 0 aromatic rings. The number of carboxylic acids is 1. The summed E-state index contributed by atoms with van der Waals surface area (Å²) in [7, 11) is 1.59. The quantitative estimate of drug-likeness (QED) is 0.435. The van der Waals surface area contributed by atoms with Crippen LogP contribution in [-0.2, 0) is 23.8 Å². The van der Waals surface area contributed by atoms with Gasteiger partial charge in [-0.1, -0.05) is 13.8 Å². The third-order valence-corrected chi connectivity index (χ3v) is 2.85. The fourth-order valence-corrected chi connectivity index (χ4v) is 1.89. The van der Waals surface area contributed by atoms with Crippen LogP contribution >= 0.6 is 0 Å². The van der Waals surface area contributed by atoms with E-state index in [1.54, 1.807) is 7.11 Å². The molecular weight excluding hydrogens is 266 g/mol. The molecule has 20 heavy (non-hydrogen) atoms. The molecule has 1 aliphatic rings. The molecule has 2 N–H and O–H groups in total. The maximum Gasteiger partial charge on any atom is 0.336 e. The second kappa shape index (κ2) is 8.18. The van der Waals surface area contributed by atoms with E-state index in [0.29, 0.717) is 25.7 Å². The maximum atomic E-state index is 11.8. The first-order valence-corrected chi connectivity index (χ1v) is 6.71. The Kier molecular flexibility index (Phi) is 6.90. The third-order valence-electron chi connectivity index (χ3n) is 2.85. The molecule has 0 saturated carbocycles. The zero-order valence-corrected chi connectivity index (χ0v) is 12.1. The molecule has 0 aromatic heterocycles. The average molecular weight is 289 g/mol. The summed E-state index contributed by atoms with van der Waals surface area (Å²) in [5, 5.41) is 11.5. The van der Waals surface area contributed by atoms with Crippen molar-refractivity contribution in [1.29, 1.82) is 0 Å².